The Balaban J connectivity index is 1.54. The second kappa shape index (κ2) is 8.34. The fraction of sp³-hybridized carbons (Fsp3) is 1.00. The van der Waals surface area contributed by atoms with Crippen LogP contribution in [0.1, 0.15) is 98.8 Å². The zero-order valence-corrected chi connectivity index (χ0v) is 20.2. The summed E-state index contributed by atoms with van der Waals surface area (Å²) >= 11 is 0. The molecule has 0 bridgehead atoms. The number of aliphatic hydroxyl groups is 3. The van der Waals surface area contributed by atoms with Crippen LogP contribution in [0.2, 0.25) is 0 Å². The van der Waals surface area contributed by atoms with Gasteiger partial charge >= 0.3 is 0 Å². The molecule has 0 heterocycles. The first kappa shape index (κ1) is 23.1. The summed E-state index contributed by atoms with van der Waals surface area (Å²) in [6.45, 7) is 12.0. The Bertz CT molecular complexity index is 605. The lowest BCUT2D eigenvalue weighted by molar-refractivity contribution is -0.223. The molecule has 0 aromatic heterocycles. The molecular formula is C27H48O3. The van der Waals surface area contributed by atoms with Gasteiger partial charge in [0, 0.05) is 0 Å². The van der Waals surface area contributed by atoms with Gasteiger partial charge < -0.3 is 15.3 Å². The van der Waals surface area contributed by atoms with E-state index in [4.69, 9.17) is 0 Å². The predicted octanol–water partition coefficient (Wildman–Crippen LogP) is 5.41. The molecule has 11 atom stereocenters. The number of hydrogen-bond acceptors (Lipinski definition) is 3. The molecule has 0 amide bonds. The molecule has 4 fully saturated rings. The van der Waals surface area contributed by atoms with Crippen molar-refractivity contribution in [2.75, 3.05) is 0 Å². The first-order valence-electron chi connectivity index (χ1n) is 13.1. The van der Waals surface area contributed by atoms with E-state index >= 15 is 0 Å². The number of hydrogen-bond donors (Lipinski definition) is 3. The average Bonchev–Trinajstić information content (AvgIpc) is 3.04. The highest BCUT2D eigenvalue weighted by molar-refractivity contribution is 5.14. The highest BCUT2D eigenvalue weighted by atomic mass is 16.3. The van der Waals surface area contributed by atoms with E-state index in [0.29, 0.717) is 23.7 Å². The molecule has 4 aliphatic rings. The molecular weight excluding hydrogens is 372 g/mol. The molecule has 0 aromatic carbocycles. The van der Waals surface area contributed by atoms with Crippen molar-refractivity contribution in [1.29, 1.82) is 0 Å². The zero-order valence-electron chi connectivity index (χ0n) is 20.2. The first-order valence-corrected chi connectivity index (χ1v) is 13.1. The van der Waals surface area contributed by atoms with Crippen molar-refractivity contribution in [3.05, 3.63) is 0 Å². The van der Waals surface area contributed by atoms with Gasteiger partial charge in [0.1, 0.15) is 0 Å². The van der Waals surface area contributed by atoms with Gasteiger partial charge in [-0.1, -0.05) is 53.9 Å². The maximum Gasteiger partial charge on any atom is 0.0836 e. The summed E-state index contributed by atoms with van der Waals surface area (Å²) in [5, 5.41) is 32.8. The van der Waals surface area contributed by atoms with Gasteiger partial charge in [0.2, 0.25) is 0 Å². The predicted molar refractivity (Wildman–Crippen MR) is 122 cm³/mol. The second-order valence-corrected chi connectivity index (χ2v) is 12.8. The maximum absolute atomic E-state index is 11.4. The molecule has 30 heavy (non-hydrogen) atoms. The molecule has 4 rings (SSSR count). The summed E-state index contributed by atoms with van der Waals surface area (Å²) in [7, 11) is 0. The largest absolute Gasteiger partial charge is 0.393 e. The van der Waals surface area contributed by atoms with Crippen molar-refractivity contribution < 1.29 is 15.3 Å². The minimum Gasteiger partial charge on any atom is -0.393 e. The van der Waals surface area contributed by atoms with Crippen molar-refractivity contribution >= 4 is 0 Å². The second-order valence-electron chi connectivity index (χ2n) is 12.8. The van der Waals surface area contributed by atoms with Crippen LogP contribution in [-0.4, -0.2) is 33.6 Å². The van der Waals surface area contributed by atoms with Crippen LogP contribution in [0.25, 0.3) is 0 Å². The van der Waals surface area contributed by atoms with Gasteiger partial charge in [0.15, 0.2) is 0 Å². The van der Waals surface area contributed by atoms with E-state index in [2.05, 4.69) is 34.6 Å². The van der Waals surface area contributed by atoms with E-state index < -0.39 is 12.2 Å². The van der Waals surface area contributed by atoms with Gasteiger partial charge in [-0.15, -0.1) is 0 Å². The lowest BCUT2D eigenvalue weighted by Crippen LogP contribution is -2.64. The molecule has 0 aliphatic heterocycles. The van der Waals surface area contributed by atoms with Crippen LogP contribution in [0, 0.1) is 52.3 Å². The third-order valence-electron chi connectivity index (χ3n) is 10.9. The van der Waals surface area contributed by atoms with Crippen molar-refractivity contribution in [2.24, 2.45) is 52.3 Å². The van der Waals surface area contributed by atoms with E-state index in [1.54, 1.807) is 0 Å². The van der Waals surface area contributed by atoms with Crippen LogP contribution in [0.5, 0.6) is 0 Å². The van der Waals surface area contributed by atoms with Crippen LogP contribution >= 0.6 is 0 Å². The molecule has 4 aliphatic carbocycles. The molecule has 4 saturated carbocycles. The summed E-state index contributed by atoms with van der Waals surface area (Å²) in [6.07, 6.45) is 9.94. The average molecular weight is 421 g/mol. The molecule has 0 saturated heterocycles. The third kappa shape index (κ3) is 3.59. The Morgan fingerprint density at radius 3 is 2.13 bits per heavy atom. The summed E-state index contributed by atoms with van der Waals surface area (Å²) in [5.41, 5.74) is 0.390. The van der Waals surface area contributed by atoms with Crippen molar-refractivity contribution in [2.45, 2.75) is 117 Å². The SMILES string of the molecule is CC(C)CCC[C@@H](C)[C@H]1CC[C@H]2[C@@H]3[C@H](O)[C@@H](O)[C@H]4C[C@@H](O)CC[C@]4(C)[C@H]3CC[C@]12C. The third-order valence-corrected chi connectivity index (χ3v) is 10.9. The van der Waals surface area contributed by atoms with Crippen LogP contribution < -0.4 is 0 Å². The molecule has 3 N–H and O–H groups in total. The van der Waals surface area contributed by atoms with Crippen LogP contribution in [0.3, 0.4) is 0 Å². The molecule has 0 radical (unpaired) electrons. The van der Waals surface area contributed by atoms with E-state index in [1.165, 1.54) is 44.9 Å². The van der Waals surface area contributed by atoms with Crippen LogP contribution in [0.15, 0.2) is 0 Å². The topological polar surface area (TPSA) is 60.7 Å². The minimum absolute atomic E-state index is 0.0500. The van der Waals surface area contributed by atoms with E-state index in [1.807, 2.05) is 0 Å². The van der Waals surface area contributed by atoms with Gasteiger partial charge in [-0.25, -0.2) is 0 Å². The lowest BCUT2D eigenvalue weighted by Gasteiger charge is -2.63. The summed E-state index contributed by atoms with van der Waals surface area (Å²) in [5.74, 6) is 3.65. The van der Waals surface area contributed by atoms with Gasteiger partial charge in [0.05, 0.1) is 18.3 Å². The molecule has 0 unspecified atom stereocenters. The standard InChI is InChI=1S/C27H48O3/c1-16(2)7-6-8-17(3)19-9-10-20-23-21(12-14-26(19,20)4)27(5)13-11-18(28)15-22(27)24(29)25(23)30/h16-25,28-30H,6-15H2,1-5H3/t17-,18+,19-,20+,21+,22-,23+,24+,25+,26-,27-/m1/s1. The number of rotatable bonds is 5. The van der Waals surface area contributed by atoms with Crippen molar-refractivity contribution in [1.82, 2.24) is 0 Å². The fourth-order valence-corrected chi connectivity index (χ4v) is 9.26. The monoisotopic (exact) mass is 420 g/mol. The quantitative estimate of drug-likeness (QED) is 0.557. The normalized spacial score (nSPS) is 51.9. The first-order chi connectivity index (χ1) is 14.1. The van der Waals surface area contributed by atoms with Crippen molar-refractivity contribution in [3.63, 3.8) is 0 Å². The highest BCUT2D eigenvalue weighted by Crippen LogP contribution is 2.68. The van der Waals surface area contributed by atoms with Crippen LogP contribution in [0.4, 0.5) is 0 Å². The molecule has 3 heteroatoms. The number of aliphatic hydroxyl groups excluding tert-OH is 3. The summed E-state index contributed by atoms with van der Waals surface area (Å²) in [6, 6.07) is 0. The fourth-order valence-electron chi connectivity index (χ4n) is 9.26. The Labute approximate surface area is 185 Å². The van der Waals surface area contributed by atoms with E-state index in [9.17, 15) is 15.3 Å². The van der Waals surface area contributed by atoms with Crippen LogP contribution in [-0.2, 0) is 0 Å². The highest BCUT2D eigenvalue weighted by Gasteiger charge is 2.65. The number of fused-ring (bicyclic) bond motifs is 5. The lowest BCUT2D eigenvalue weighted by atomic mass is 9.43. The Morgan fingerprint density at radius 2 is 1.43 bits per heavy atom. The van der Waals surface area contributed by atoms with Gasteiger partial charge in [-0.3, -0.25) is 0 Å². The summed E-state index contributed by atoms with van der Waals surface area (Å²) < 4.78 is 0. The van der Waals surface area contributed by atoms with E-state index in [-0.39, 0.29) is 23.4 Å². The van der Waals surface area contributed by atoms with Gasteiger partial charge in [0.25, 0.3) is 0 Å². The minimum atomic E-state index is -0.670. The van der Waals surface area contributed by atoms with Gasteiger partial charge in [-0.05, 0) is 97.2 Å². The van der Waals surface area contributed by atoms with Crippen molar-refractivity contribution in [3.8, 4) is 0 Å². The smallest absolute Gasteiger partial charge is 0.0836 e. The zero-order chi connectivity index (χ0) is 21.8. The Hall–Kier alpha value is -0.120. The molecule has 0 aromatic rings. The van der Waals surface area contributed by atoms with Gasteiger partial charge in [-0.2, -0.15) is 0 Å². The Morgan fingerprint density at radius 1 is 0.767 bits per heavy atom. The Kier molecular flexibility index (Phi) is 6.41. The molecule has 174 valence electrons. The maximum atomic E-state index is 11.4. The summed E-state index contributed by atoms with van der Waals surface area (Å²) in [4.78, 5) is 0. The molecule has 0 spiro atoms. The van der Waals surface area contributed by atoms with E-state index in [0.717, 1.165) is 30.6 Å². The molecule has 3 nitrogen and oxygen atoms in total.